The van der Waals surface area contributed by atoms with Crippen LogP contribution in [0.2, 0.25) is 0 Å². The van der Waals surface area contributed by atoms with Crippen LogP contribution in [0.5, 0.6) is 5.75 Å². The number of urea groups is 1. The molecule has 0 unspecified atom stereocenters. The van der Waals surface area contributed by atoms with E-state index in [0.29, 0.717) is 17.8 Å². The van der Waals surface area contributed by atoms with Crippen molar-refractivity contribution in [3.8, 4) is 5.75 Å². The minimum absolute atomic E-state index is 0.0170. The van der Waals surface area contributed by atoms with Crippen LogP contribution in [0.3, 0.4) is 0 Å². The van der Waals surface area contributed by atoms with E-state index in [1.165, 1.54) is 0 Å². The first-order valence-electron chi connectivity index (χ1n) is 9.32. The van der Waals surface area contributed by atoms with Gasteiger partial charge in [-0.25, -0.2) is 9.59 Å². The Hall–Kier alpha value is -2.70. The number of nitrogens with one attached hydrogen (secondary N) is 3. The van der Waals surface area contributed by atoms with Gasteiger partial charge >= 0.3 is 12.0 Å². The average Bonchev–Trinajstić information content (AvgIpc) is 2.84. The van der Waals surface area contributed by atoms with Gasteiger partial charge in [0.2, 0.25) is 0 Å². The third-order valence-corrected chi connectivity index (χ3v) is 4.22. The zero-order valence-electron chi connectivity index (χ0n) is 16.4. The molecule has 7 nitrogen and oxygen atoms in total. The maximum absolute atomic E-state index is 12.4. The van der Waals surface area contributed by atoms with Gasteiger partial charge in [-0.2, -0.15) is 0 Å². The van der Waals surface area contributed by atoms with E-state index in [1.807, 2.05) is 38.1 Å². The molecule has 1 aliphatic heterocycles. The maximum atomic E-state index is 12.4. The summed E-state index contributed by atoms with van der Waals surface area (Å²) in [5, 5.41) is 8.90. The zero-order chi connectivity index (χ0) is 19.8. The molecular weight excluding hydrogens is 346 g/mol. The number of rotatable bonds is 6. The number of carbonyl (C=O) groups excluding carboxylic acids is 2. The molecule has 1 aliphatic rings. The van der Waals surface area contributed by atoms with Crippen molar-refractivity contribution < 1.29 is 19.1 Å². The van der Waals surface area contributed by atoms with Crippen molar-refractivity contribution >= 4 is 12.0 Å². The summed E-state index contributed by atoms with van der Waals surface area (Å²) in [5.41, 5.74) is 1.49. The monoisotopic (exact) mass is 375 g/mol. The molecule has 2 amide bonds. The number of carbonyl (C=O) groups is 2. The second-order valence-corrected chi connectivity index (χ2v) is 6.69. The second-order valence-electron chi connectivity index (χ2n) is 6.69. The van der Waals surface area contributed by atoms with Crippen LogP contribution in [0.1, 0.15) is 51.6 Å². The minimum atomic E-state index is -0.406. The van der Waals surface area contributed by atoms with Crippen molar-refractivity contribution in [2.24, 2.45) is 0 Å². The number of benzene rings is 1. The number of ether oxygens (including phenoxy) is 2. The van der Waals surface area contributed by atoms with Crippen LogP contribution in [0.15, 0.2) is 35.7 Å². The van der Waals surface area contributed by atoms with E-state index in [2.05, 4.69) is 16.0 Å². The molecule has 1 atom stereocenters. The Balaban J connectivity index is 2.30. The van der Waals surface area contributed by atoms with Crippen LogP contribution < -0.4 is 20.7 Å². The lowest BCUT2D eigenvalue weighted by atomic mass is 10.0. The van der Waals surface area contributed by atoms with Crippen LogP contribution in [0.25, 0.3) is 0 Å². The van der Waals surface area contributed by atoms with Gasteiger partial charge in [-0.15, -0.1) is 0 Å². The Morgan fingerprint density at radius 2 is 2.11 bits per heavy atom. The van der Waals surface area contributed by atoms with Crippen LogP contribution >= 0.6 is 0 Å². The third kappa shape index (κ3) is 5.91. The van der Waals surface area contributed by atoms with Gasteiger partial charge in [0.15, 0.2) is 0 Å². The predicted molar refractivity (Wildman–Crippen MR) is 103 cm³/mol. The lowest BCUT2D eigenvalue weighted by Crippen LogP contribution is -2.43. The van der Waals surface area contributed by atoms with Crippen molar-refractivity contribution in [2.45, 2.75) is 52.1 Å². The molecule has 0 aliphatic carbocycles. The molecule has 0 fully saturated rings. The molecule has 0 bridgehead atoms. The van der Waals surface area contributed by atoms with Gasteiger partial charge < -0.3 is 20.1 Å². The summed E-state index contributed by atoms with van der Waals surface area (Å²) in [6, 6.07) is 7.34. The summed E-state index contributed by atoms with van der Waals surface area (Å²) in [7, 11) is 1.63. The number of esters is 1. The van der Waals surface area contributed by atoms with Gasteiger partial charge in [0, 0.05) is 6.04 Å². The smallest absolute Gasteiger partial charge is 0.337 e. The Morgan fingerprint density at radius 3 is 2.78 bits per heavy atom. The molecule has 2 rings (SSSR count). The first-order valence-corrected chi connectivity index (χ1v) is 9.32. The van der Waals surface area contributed by atoms with E-state index in [9.17, 15) is 9.59 Å². The molecule has 0 saturated heterocycles. The molecule has 3 N–H and O–H groups in total. The van der Waals surface area contributed by atoms with Crippen molar-refractivity contribution in [2.75, 3.05) is 13.7 Å². The fourth-order valence-corrected chi connectivity index (χ4v) is 3.00. The largest absolute Gasteiger partial charge is 0.497 e. The Bertz CT molecular complexity index is 700. The lowest BCUT2D eigenvalue weighted by Gasteiger charge is -2.22. The molecule has 1 aromatic carbocycles. The standard InChI is InChI=1S/C20H29N3O4/c1-5-27-19(24)16-10-7-11-17(14-8-6-9-15(12-14)26-4)22-18(16)23-20(25)21-13(2)3/h6,8-9,12-13,17,22H,5,7,10-11H2,1-4H3,(H2,21,23,25)/t17-/m1/s1. The summed E-state index contributed by atoms with van der Waals surface area (Å²) < 4.78 is 10.5. The Labute approximate surface area is 160 Å². The van der Waals surface area contributed by atoms with E-state index < -0.39 is 5.97 Å². The summed E-state index contributed by atoms with van der Waals surface area (Å²) in [6.07, 6.45) is 2.14. The fourth-order valence-electron chi connectivity index (χ4n) is 3.00. The van der Waals surface area contributed by atoms with Gasteiger partial charge in [-0.1, -0.05) is 12.1 Å². The number of amides is 2. The molecule has 0 aromatic heterocycles. The maximum Gasteiger partial charge on any atom is 0.337 e. The molecule has 1 aromatic rings. The van der Waals surface area contributed by atoms with Crippen LogP contribution in [-0.4, -0.2) is 31.8 Å². The van der Waals surface area contributed by atoms with E-state index >= 15 is 0 Å². The van der Waals surface area contributed by atoms with Crippen LogP contribution in [0.4, 0.5) is 4.79 Å². The topological polar surface area (TPSA) is 88.7 Å². The summed E-state index contributed by atoms with van der Waals surface area (Å²) in [5.74, 6) is 0.758. The van der Waals surface area contributed by atoms with Gasteiger partial charge in [0.25, 0.3) is 0 Å². The van der Waals surface area contributed by atoms with Gasteiger partial charge in [0.05, 0.1) is 25.3 Å². The molecule has 7 heteroatoms. The number of methoxy groups -OCH3 is 1. The summed E-state index contributed by atoms with van der Waals surface area (Å²) in [6.45, 7) is 5.80. The Morgan fingerprint density at radius 1 is 1.33 bits per heavy atom. The molecular formula is C20H29N3O4. The average molecular weight is 375 g/mol. The third-order valence-electron chi connectivity index (χ3n) is 4.22. The van der Waals surface area contributed by atoms with E-state index in [-0.39, 0.29) is 24.7 Å². The zero-order valence-corrected chi connectivity index (χ0v) is 16.4. The highest BCUT2D eigenvalue weighted by Gasteiger charge is 2.25. The SMILES string of the molecule is CCOC(=O)C1=C(NC(=O)NC(C)C)N[C@@H](c2cccc(OC)c2)CCC1. The fraction of sp³-hybridized carbons (Fsp3) is 0.500. The lowest BCUT2D eigenvalue weighted by molar-refractivity contribution is -0.138. The molecule has 0 spiro atoms. The minimum Gasteiger partial charge on any atom is -0.497 e. The van der Waals surface area contributed by atoms with Gasteiger partial charge in [-0.05, 0) is 57.7 Å². The second kappa shape index (κ2) is 9.85. The molecule has 27 heavy (non-hydrogen) atoms. The molecule has 0 saturated carbocycles. The van der Waals surface area contributed by atoms with E-state index in [1.54, 1.807) is 14.0 Å². The molecule has 0 radical (unpaired) electrons. The van der Waals surface area contributed by atoms with Crippen LogP contribution in [0, 0.1) is 0 Å². The van der Waals surface area contributed by atoms with E-state index in [4.69, 9.17) is 9.47 Å². The van der Waals surface area contributed by atoms with Crippen molar-refractivity contribution in [1.29, 1.82) is 0 Å². The summed E-state index contributed by atoms with van der Waals surface area (Å²) >= 11 is 0. The highest BCUT2D eigenvalue weighted by atomic mass is 16.5. The van der Waals surface area contributed by atoms with Gasteiger partial charge in [0.1, 0.15) is 11.6 Å². The van der Waals surface area contributed by atoms with Crippen molar-refractivity contribution in [1.82, 2.24) is 16.0 Å². The summed E-state index contributed by atoms with van der Waals surface area (Å²) in [4.78, 5) is 24.6. The first-order chi connectivity index (χ1) is 12.9. The van der Waals surface area contributed by atoms with E-state index in [0.717, 1.165) is 24.2 Å². The molecule has 148 valence electrons. The van der Waals surface area contributed by atoms with Crippen molar-refractivity contribution in [3.63, 3.8) is 0 Å². The Kier molecular flexibility index (Phi) is 7.52. The van der Waals surface area contributed by atoms with Gasteiger partial charge in [-0.3, -0.25) is 5.32 Å². The molecule has 1 heterocycles. The number of hydrogen-bond acceptors (Lipinski definition) is 5. The normalized spacial score (nSPS) is 17.0. The number of hydrogen-bond donors (Lipinski definition) is 3. The van der Waals surface area contributed by atoms with Crippen LogP contribution in [-0.2, 0) is 9.53 Å². The van der Waals surface area contributed by atoms with Crippen molar-refractivity contribution in [3.05, 3.63) is 41.2 Å². The predicted octanol–water partition coefficient (Wildman–Crippen LogP) is 2.99. The highest BCUT2D eigenvalue weighted by Crippen LogP contribution is 2.28. The quantitative estimate of drug-likeness (QED) is 0.665. The highest BCUT2D eigenvalue weighted by molar-refractivity contribution is 5.90. The first kappa shape index (κ1) is 20.6.